The molecule has 0 heterocycles. The molecule has 1 aliphatic carbocycles. The van der Waals surface area contributed by atoms with E-state index in [0.29, 0.717) is 10.7 Å². The summed E-state index contributed by atoms with van der Waals surface area (Å²) >= 11 is 1.88. The molecule has 0 amide bonds. The maximum atomic E-state index is 8.45. The zero-order valence-electron chi connectivity index (χ0n) is 5.85. The van der Waals surface area contributed by atoms with E-state index in [-0.39, 0.29) is 0 Å². The molecule has 1 nitrogen and oxygen atoms in total. The van der Waals surface area contributed by atoms with Gasteiger partial charge in [-0.05, 0) is 19.1 Å². The summed E-state index contributed by atoms with van der Waals surface area (Å²) in [6.07, 6.45) is 4.29. The van der Waals surface area contributed by atoms with Crippen LogP contribution < -0.4 is 0 Å². The quantitative estimate of drug-likeness (QED) is 0.558. The van der Waals surface area contributed by atoms with Crippen LogP contribution in [-0.2, 0) is 0 Å². The van der Waals surface area contributed by atoms with Crippen molar-refractivity contribution < 1.29 is 0 Å². The Morgan fingerprint density at radius 2 is 2.22 bits per heavy atom. The van der Waals surface area contributed by atoms with Crippen LogP contribution >= 0.6 is 11.8 Å². The third-order valence-electron chi connectivity index (χ3n) is 2.03. The van der Waals surface area contributed by atoms with Gasteiger partial charge in [-0.2, -0.15) is 17.0 Å². The van der Waals surface area contributed by atoms with E-state index in [2.05, 4.69) is 19.2 Å². The second kappa shape index (κ2) is 2.22. The van der Waals surface area contributed by atoms with Crippen LogP contribution in [0.15, 0.2) is 0 Å². The average molecular weight is 141 g/mol. The Labute approximate surface area is 60.4 Å². The molecule has 1 rings (SSSR count). The van der Waals surface area contributed by atoms with Crippen LogP contribution in [0.2, 0.25) is 0 Å². The first-order chi connectivity index (χ1) is 4.20. The Morgan fingerprint density at radius 3 is 2.56 bits per heavy atom. The summed E-state index contributed by atoms with van der Waals surface area (Å²) in [5.74, 6) is 0.349. The topological polar surface area (TPSA) is 23.8 Å². The number of hydrogen-bond donors (Lipinski definition) is 0. The van der Waals surface area contributed by atoms with E-state index in [1.54, 1.807) is 0 Å². The standard InChI is InChI=1S/C7H11NS/c1-7(9-2)3-6(4-7)5-8/h6H,3-4H2,1-2H3. The zero-order chi connectivity index (χ0) is 6.91. The lowest BCUT2D eigenvalue weighted by Gasteiger charge is -2.40. The molecule has 0 saturated heterocycles. The summed E-state index contributed by atoms with van der Waals surface area (Å²) in [4.78, 5) is 0. The summed E-state index contributed by atoms with van der Waals surface area (Å²) in [7, 11) is 0. The van der Waals surface area contributed by atoms with E-state index in [1.165, 1.54) is 0 Å². The Bertz CT molecular complexity index is 141. The van der Waals surface area contributed by atoms with Gasteiger partial charge in [0.2, 0.25) is 0 Å². The van der Waals surface area contributed by atoms with Gasteiger partial charge in [0.1, 0.15) is 0 Å². The summed E-state index contributed by atoms with van der Waals surface area (Å²) in [6, 6.07) is 2.28. The minimum absolute atomic E-state index is 0.349. The molecule has 0 aromatic heterocycles. The van der Waals surface area contributed by atoms with Crippen LogP contribution in [-0.4, -0.2) is 11.0 Å². The van der Waals surface area contributed by atoms with Crippen LogP contribution in [0.3, 0.4) is 0 Å². The fourth-order valence-corrected chi connectivity index (χ4v) is 1.98. The molecule has 0 radical (unpaired) electrons. The van der Waals surface area contributed by atoms with Crippen molar-refractivity contribution in [3.05, 3.63) is 0 Å². The molecular formula is C7H11NS. The summed E-state index contributed by atoms with van der Waals surface area (Å²) in [6.45, 7) is 2.23. The number of nitrogens with zero attached hydrogens (tertiary/aromatic N) is 1. The Balaban J connectivity index is 2.34. The van der Waals surface area contributed by atoms with Gasteiger partial charge in [0, 0.05) is 10.7 Å². The monoisotopic (exact) mass is 141 g/mol. The minimum atomic E-state index is 0.349. The van der Waals surface area contributed by atoms with Gasteiger partial charge in [-0.3, -0.25) is 0 Å². The molecule has 50 valence electrons. The molecule has 0 aromatic carbocycles. The first-order valence-electron chi connectivity index (χ1n) is 3.15. The highest BCUT2D eigenvalue weighted by Crippen LogP contribution is 2.45. The van der Waals surface area contributed by atoms with Gasteiger partial charge >= 0.3 is 0 Å². The fraction of sp³-hybridized carbons (Fsp3) is 0.857. The lowest BCUT2D eigenvalue weighted by Crippen LogP contribution is -2.36. The maximum absolute atomic E-state index is 8.45. The van der Waals surface area contributed by atoms with Gasteiger partial charge in [0.15, 0.2) is 0 Å². The third-order valence-corrected chi connectivity index (χ3v) is 3.35. The van der Waals surface area contributed by atoms with E-state index >= 15 is 0 Å². The zero-order valence-corrected chi connectivity index (χ0v) is 6.66. The van der Waals surface area contributed by atoms with Gasteiger partial charge < -0.3 is 0 Å². The van der Waals surface area contributed by atoms with Crippen molar-refractivity contribution in [1.82, 2.24) is 0 Å². The van der Waals surface area contributed by atoms with Gasteiger partial charge in [0.05, 0.1) is 6.07 Å². The van der Waals surface area contributed by atoms with Gasteiger partial charge in [0.25, 0.3) is 0 Å². The van der Waals surface area contributed by atoms with E-state index in [0.717, 1.165) is 12.8 Å². The largest absolute Gasteiger partial charge is 0.198 e. The van der Waals surface area contributed by atoms with Crippen molar-refractivity contribution in [1.29, 1.82) is 5.26 Å². The minimum Gasteiger partial charge on any atom is -0.198 e. The lowest BCUT2D eigenvalue weighted by atomic mass is 9.76. The molecular weight excluding hydrogens is 130 g/mol. The SMILES string of the molecule is CSC1(C)CC(C#N)C1. The molecule has 2 heteroatoms. The smallest absolute Gasteiger partial charge is 0.0656 e. The van der Waals surface area contributed by atoms with Crippen molar-refractivity contribution in [2.75, 3.05) is 6.26 Å². The van der Waals surface area contributed by atoms with Crippen LogP contribution in [0, 0.1) is 17.2 Å². The van der Waals surface area contributed by atoms with Crippen LogP contribution in [0.1, 0.15) is 19.8 Å². The number of nitriles is 1. The fourth-order valence-electron chi connectivity index (χ4n) is 1.24. The van der Waals surface area contributed by atoms with Crippen molar-refractivity contribution in [2.45, 2.75) is 24.5 Å². The van der Waals surface area contributed by atoms with E-state index in [1.807, 2.05) is 11.8 Å². The molecule has 1 fully saturated rings. The highest BCUT2D eigenvalue weighted by Gasteiger charge is 2.39. The number of thioether (sulfide) groups is 1. The number of hydrogen-bond acceptors (Lipinski definition) is 2. The first kappa shape index (κ1) is 6.95. The van der Waals surface area contributed by atoms with Crippen LogP contribution in [0.4, 0.5) is 0 Å². The Hall–Kier alpha value is -0.160. The second-order valence-corrected chi connectivity index (χ2v) is 4.28. The highest BCUT2D eigenvalue weighted by atomic mass is 32.2. The molecule has 0 spiro atoms. The van der Waals surface area contributed by atoms with E-state index in [9.17, 15) is 0 Å². The Kier molecular flexibility index (Phi) is 1.72. The summed E-state index contributed by atoms with van der Waals surface area (Å²) in [5, 5.41) is 8.45. The molecule has 0 aromatic rings. The van der Waals surface area contributed by atoms with Crippen molar-refractivity contribution >= 4 is 11.8 Å². The second-order valence-electron chi connectivity index (χ2n) is 2.89. The molecule has 1 aliphatic rings. The first-order valence-corrected chi connectivity index (χ1v) is 4.37. The van der Waals surface area contributed by atoms with Crippen molar-refractivity contribution in [2.24, 2.45) is 5.92 Å². The van der Waals surface area contributed by atoms with Crippen LogP contribution in [0.5, 0.6) is 0 Å². The summed E-state index contributed by atoms with van der Waals surface area (Å²) in [5.41, 5.74) is 0. The predicted molar refractivity (Wildman–Crippen MR) is 40.3 cm³/mol. The van der Waals surface area contributed by atoms with Gasteiger partial charge in [-0.1, -0.05) is 6.92 Å². The maximum Gasteiger partial charge on any atom is 0.0656 e. The molecule has 0 atom stereocenters. The molecule has 0 aliphatic heterocycles. The average Bonchev–Trinajstić information content (AvgIpc) is 1.81. The highest BCUT2D eigenvalue weighted by molar-refractivity contribution is 8.00. The van der Waals surface area contributed by atoms with E-state index in [4.69, 9.17) is 5.26 Å². The van der Waals surface area contributed by atoms with Gasteiger partial charge in [-0.15, -0.1) is 0 Å². The molecule has 1 saturated carbocycles. The molecule has 0 N–H and O–H groups in total. The van der Waals surface area contributed by atoms with Crippen molar-refractivity contribution in [3.63, 3.8) is 0 Å². The number of rotatable bonds is 1. The third kappa shape index (κ3) is 1.21. The Morgan fingerprint density at radius 1 is 1.67 bits per heavy atom. The van der Waals surface area contributed by atoms with E-state index < -0.39 is 0 Å². The van der Waals surface area contributed by atoms with Gasteiger partial charge in [-0.25, -0.2) is 0 Å². The van der Waals surface area contributed by atoms with Crippen LogP contribution in [0.25, 0.3) is 0 Å². The van der Waals surface area contributed by atoms with Crippen molar-refractivity contribution in [3.8, 4) is 6.07 Å². The normalized spacial score (nSPS) is 41.2. The molecule has 0 bridgehead atoms. The lowest BCUT2D eigenvalue weighted by molar-refractivity contribution is 0.310. The molecule has 0 unspecified atom stereocenters. The predicted octanol–water partition coefficient (Wildman–Crippen LogP) is 2.04. The summed E-state index contributed by atoms with van der Waals surface area (Å²) < 4.78 is 0.431. The molecule has 9 heavy (non-hydrogen) atoms.